The minimum atomic E-state index is -1.00. The Morgan fingerprint density at radius 2 is 1.74 bits per heavy atom. The number of halogens is 2. The zero-order valence-corrected chi connectivity index (χ0v) is 20.4. The van der Waals surface area contributed by atoms with Gasteiger partial charge in [-0.1, -0.05) is 29.8 Å². The summed E-state index contributed by atoms with van der Waals surface area (Å²) in [6, 6.07) is 18.6. The number of ether oxygens (including phenoxy) is 1. The first-order chi connectivity index (χ1) is 16.4. The van der Waals surface area contributed by atoms with Crippen LogP contribution in [-0.4, -0.2) is 29.6 Å². The Hall–Kier alpha value is -3.07. The Labute approximate surface area is 209 Å². The summed E-state index contributed by atoms with van der Waals surface area (Å²) in [5, 5.41) is 12.5. The number of phenols is 1. The normalized spacial score (nSPS) is 21.8. The van der Waals surface area contributed by atoms with Gasteiger partial charge in [-0.3, -0.25) is 14.4 Å². The standard InChI is InChI=1S/C25H20BrClN2O5/c1-2-33-19-13-14(12-18(26)22(19)30)21-20-23(34-29(21)17-6-4-3-5-7-17)25(32)28(24(20)31)16-10-8-15(27)9-11-16/h3-13,20-21,23,30H,2H2,1H3/t20-,21-,23-/m0/s1. The van der Waals surface area contributed by atoms with Gasteiger partial charge < -0.3 is 9.84 Å². The number of nitrogens with zero attached hydrogens (tertiary/aromatic N) is 2. The van der Waals surface area contributed by atoms with Crippen molar-refractivity contribution in [3.63, 3.8) is 0 Å². The third kappa shape index (κ3) is 3.72. The molecule has 174 valence electrons. The average Bonchev–Trinajstić information content (AvgIpc) is 3.34. The SMILES string of the molecule is CCOc1cc([C@H]2[C@@H]3C(=O)N(c4ccc(Cl)cc4)C(=O)[C@H]3ON2c2ccccc2)cc(Br)c1O. The lowest BCUT2D eigenvalue weighted by molar-refractivity contribution is -0.126. The van der Waals surface area contributed by atoms with Crippen molar-refractivity contribution in [2.24, 2.45) is 5.92 Å². The fourth-order valence-corrected chi connectivity index (χ4v) is 5.01. The fourth-order valence-electron chi connectivity index (χ4n) is 4.43. The van der Waals surface area contributed by atoms with Crippen molar-refractivity contribution in [1.82, 2.24) is 0 Å². The number of para-hydroxylation sites is 1. The number of benzene rings is 3. The minimum Gasteiger partial charge on any atom is -0.503 e. The van der Waals surface area contributed by atoms with E-state index in [4.69, 9.17) is 21.2 Å². The number of hydrogen-bond donors (Lipinski definition) is 1. The number of amides is 2. The molecule has 0 bridgehead atoms. The van der Waals surface area contributed by atoms with Crippen molar-refractivity contribution in [3.8, 4) is 11.5 Å². The van der Waals surface area contributed by atoms with Crippen molar-refractivity contribution in [2.75, 3.05) is 16.6 Å². The highest BCUT2D eigenvalue weighted by Gasteiger charge is 2.60. The second kappa shape index (κ2) is 8.94. The number of carbonyl (C=O) groups is 2. The summed E-state index contributed by atoms with van der Waals surface area (Å²) in [7, 11) is 0. The Balaban J connectivity index is 1.62. The number of fused-ring (bicyclic) bond motifs is 1. The van der Waals surface area contributed by atoms with E-state index >= 15 is 0 Å². The largest absolute Gasteiger partial charge is 0.503 e. The quantitative estimate of drug-likeness (QED) is 0.443. The lowest BCUT2D eigenvalue weighted by atomic mass is 9.90. The van der Waals surface area contributed by atoms with Crippen LogP contribution in [0.1, 0.15) is 18.5 Å². The zero-order valence-electron chi connectivity index (χ0n) is 18.0. The van der Waals surface area contributed by atoms with E-state index in [0.29, 0.717) is 33.0 Å². The highest BCUT2D eigenvalue weighted by molar-refractivity contribution is 9.10. The Bertz CT molecular complexity index is 1250. The van der Waals surface area contributed by atoms with Crippen LogP contribution in [0.2, 0.25) is 5.02 Å². The number of carbonyl (C=O) groups excluding carboxylic acids is 2. The number of phenolic OH excluding ortho intramolecular Hbond substituents is 1. The average molecular weight is 544 g/mol. The molecule has 3 aromatic rings. The van der Waals surface area contributed by atoms with Crippen LogP contribution in [-0.2, 0) is 14.4 Å². The number of rotatable bonds is 5. The molecule has 1 N–H and O–H groups in total. The number of hydroxylamine groups is 1. The Morgan fingerprint density at radius 3 is 2.41 bits per heavy atom. The molecule has 0 spiro atoms. The predicted molar refractivity (Wildman–Crippen MR) is 131 cm³/mol. The molecule has 0 unspecified atom stereocenters. The monoisotopic (exact) mass is 542 g/mol. The molecule has 34 heavy (non-hydrogen) atoms. The summed E-state index contributed by atoms with van der Waals surface area (Å²) in [6.45, 7) is 2.16. The maximum Gasteiger partial charge on any atom is 0.266 e. The van der Waals surface area contributed by atoms with Gasteiger partial charge in [-0.2, -0.15) is 0 Å². The molecule has 9 heteroatoms. The number of imide groups is 1. The van der Waals surface area contributed by atoms with E-state index in [1.54, 1.807) is 41.5 Å². The van der Waals surface area contributed by atoms with Crippen LogP contribution < -0.4 is 14.7 Å². The van der Waals surface area contributed by atoms with Gasteiger partial charge in [0.25, 0.3) is 5.91 Å². The van der Waals surface area contributed by atoms with Gasteiger partial charge in [0.2, 0.25) is 5.91 Å². The second-order valence-electron chi connectivity index (χ2n) is 7.93. The van der Waals surface area contributed by atoms with Gasteiger partial charge in [0.15, 0.2) is 17.6 Å². The topological polar surface area (TPSA) is 79.3 Å². The van der Waals surface area contributed by atoms with Gasteiger partial charge in [0.1, 0.15) is 5.92 Å². The lowest BCUT2D eigenvalue weighted by Crippen LogP contribution is -2.37. The summed E-state index contributed by atoms with van der Waals surface area (Å²) >= 11 is 9.37. The molecule has 0 aliphatic carbocycles. The third-order valence-electron chi connectivity index (χ3n) is 5.90. The van der Waals surface area contributed by atoms with Crippen LogP contribution in [0.4, 0.5) is 11.4 Å². The van der Waals surface area contributed by atoms with E-state index in [0.717, 1.165) is 4.90 Å². The second-order valence-corrected chi connectivity index (χ2v) is 9.22. The lowest BCUT2D eigenvalue weighted by Gasteiger charge is -2.29. The van der Waals surface area contributed by atoms with Crippen LogP contribution in [0, 0.1) is 5.92 Å². The summed E-state index contributed by atoms with van der Waals surface area (Å²) < 4.78 is 6.02. The molecule has 2 heterocycles. The Kier molecular flexibility index (Phi) is 5.97. The molecular formula is C25H20BrClN2O5. The van der Waals surface area contributed by atoms with Crippen LogP contribution in [0.3, 0.4) is 0 Å². The van der Waals surface area contributed by atoms with Gasteiger partial charge in [-0.05, 0) is 76.9 Å². The van der Waals surface area contributed by atoms with Gasteiger partial charge >= 0.3 is 0 Å². The van der Waals surface area contributed by atoms with E-state index in [1.165, 1.54) is 0 Å². The molecule has 2 amide bonds. The van der Waals surface area contributed by atoms with Gasteiger partial charge in [-0.25, -0.2) is 9.96 Å². The molecule has 3 atom stereocenters. The summed E-state index contributed by atoms with van der Waals surface area (Å²) in [6.07, 6.45) is -1.00. The first kappa shape index (κ1) is 22.7. The maximum atomic E-state index is 13.7. The summed E-state index contributed by atoms with van der Waals surface area (Å²) in [4.78, 5) is 34.3. The number of anilines is 2. The molecule has 0 radical (unpaired) electrons. The van der Waals surface area contributed by atoms with Crippen molar-refractivity contribution in [3.05, 3.63) is 81.8 Å². The van der Waals surface area contributed by atoms with Crippen LogP contribution in [0.25, 0.3) is 0 Å². The smallest absolute Gasteiger partial charge is 0.266 e. The van der Waals surface area contributed by atoms with Gasteiger partial charge in [-0.15, -0.1) is 0 Å². The van der Waals surface area contributed by atoms with E-state index in [1.807, 2.05) is 37.3 Å². The van der Waals surface area contributed by atoms with Crippen LogP contribution in [0.5, 0.6) is 11.5 Å². The number of aromatic hydroxyl groups is 1. The highest BCUT2D eigenvalue weighted by atomic mass is 79.9. The molecule has 5 rings (SSSR count). The molecule has 3 aromatic carbocycles. The summed E-state index contributed by atoms with van der Waals surface area (Å²) in [5.41, 5.74) is 1.79. The molecule has 0 saturated carbocycles. The van der Waals surface area contributed by atoms with E-state index in [2.05, 4.69) is 15.9 Å². The minimum absolute atomic E-state index is 0.0380. The zero-order chi connectivity index (χ0) is 24.0. The van der Waals surface area contributed by atoms with E-state index in [-0.39, 0.29) is 17.4 Å². The highest BCUT2D eigenvalue weighted by Crippen LogP contribution is 2.49. The van der Waals surface area contributed by atoms with Crippen molar-refractivity contribution >= 4 is 50.7 Å². The van der Waals surface area contributed by atoms with Crippen LogP contribution >= 0.6 is 27.5 Å². The number of hydrogen-bond acceptors (Lipinski definition) is 6. The molecule has 2 saturated heterocycles. The molecule has 0 aromatic heterocycles. The first-order valence-electron chi connectivity index (χ1n) is 10.7. The summed E-state index contributed by atoms with van der Waals surface area (Å²) in [5.74, 6) is -1.39. The maximum absolute atomic E-state index is 13.7. The first-order valence-corrected chi connectivity index (χ1v) is 11.9. The van der Waals surface area contributed by atoms with Crippen molar-refractivity contribution in [2.45, 2.75) is 19.1 Å². The van der Waals surface area contributed by atoms with Gasteiger partial charge in [0.05, 0.1) is 28.5 Å². The van der Waals surface area contributed by atoms with Crippen LogP contribution in [0.15, 0.2) is 71.2 Å². The van der Waals surface area contributed by atoms with Crippen molar-refractivity contribution < 1.29 is 24.3 Å². The molecular weight excluding hydrogens is 524 g/mol. The van der Waals surface area contributed by atoms with Crippen molar-refractivity contribution in [1.29, 1.82) is 0 Å². The predicted octanol–water partition coefficient (Wildman–Crippen LogP) is 5.26. The molecule has 2 aliphatic heterocycles. The van der Waals surface area contributed by atoms with Gasteiger partial charge in [0, 0.05) is 5.02 Å². The van der Waals surface area contributed by atoms with E-state index in [9.17, 15) is 14.7 Å². The molecule has 2 fully saturated rings. The fraction of sp³-hybridized carbons (Fsp3) is 0.200. The molecule has 2 aliphatic rings. The Morgan fingerprint density at radius 1 is 1.03 bits per heavy atom. The third-order valence-corrected chi connectivity index (χ3v) is 6.76. The van der Waals surface area contributed by atoms with E-state index < -0.39 is 24.0 Å². The molecule has 7 nitrogen and oxygen atoms in total.